The highest BCUT2D eigenvalue weighted by Gasteiger charge is 2.69. The highest BCUT2D eigenvalue weighted by Crippen LogP contribution is 2.64. The van der Waals surface area contributed by atoms with Gasteiger partial charge in [-0.2, -0.15) is 0 Å². The van der Waals surface area contributed by atoms with Crippen molar-refractivity contribution in [3.8, 4) is 11.5 Å². The fourth-order valence-electron chi connectivity index (χ4n) is 2.02. The molecule has 0 radical (unpaired) electrons. The van der Waals surface area contributed by atoms with E-state index >= 15 is 0 Å². The number of hydrogen-bond donors (Lipinski definition) is 1. The quantitative estimate of drug-likeness (QED) is 0.622. The van der Waals surface area contributed by atoms with Crippen LogP contribution >= 0.6 is 23.2 Å². The number of nitrogens with one attached hydrogen (secondary N) is 1. The normalized spacial score (nSPS) is 21.3. The van der Waals surface area contributed by atoms with E-state index < -0.39 is 28.2 Å². The number of benzene rings is 1. The summed E-state index contributed by atoms with van der Waals surface area (Å²) in [6, 6.07) is 4.90. The molecule has 0 aromatic heterocycles. The first kappa shape index (κ1) is 17.7. The molecule has 1 aromatic rings. The summed E-state index contributed by atoms with van der Waals surface area (Å²) in [5, 5.41) is 2.60. The molecule has 1 N–H and O–H groups in total. The van der Waals surface area contributed by atoms with Gasteiger partial charge in [-0.1, -0.05) is 0 Å². The van der Waals surface area contributed by atoms with Gasteiger partial charge in [0, 0.05) is 18.2 Å². The maximum atomic E-state index is 11.9. The summed E-state index contributed by atoms with van der Waals surface area (Å²) in [5.41, 5.74) is -0.468. The standard InChI is InChI=1S/C15H17Cl2NO5/c1-14(8-15(14,16)17)13(20)23-7-12(19)18-9-4-5-10(21-2)11(6-9)22-3/h4-6H,7-8H2,1-3H3,(H,18,19)/t14-/m1/s1. The molecule has 0 unspecified atom stereocenters. The van der Waals surface area contributed by atoms with Crippen molar-refractivity contribution in [1.82, 2.24) is 0 Å². The lowest BCUT2D eigenvalue weighted by molar-refractivity contribution is -0.152. The number of esters is 1. The van der Waals surface area contributed by atoms with Crippen LogP contribution in [0.5, 0.6) is 11.5 Å². The molecular formula is C15H17Cl2NO5. The van der Waals surface area contributed by atoms with Crippen LogP contribution in [0, 0.1) is 5.41 Å². The number of rotatable bonds is 6. The lowest BCUT2D eigenvalue weighted by Crippen LogP contribution is -2.26. The Bertz CT molecular complexity index is 634. The Morgan fingerprint density at radius 3 is 2.35 bits per heavy atom. The third-order valence-corrected chi connectivity index (χ3v) is 4.81. The van der Waals surface area contributed by atoms with E-state index in [1.165, 1.54) is 14.2 Å². The minimum atomic E-state index is -1.12. The molecule has 0 spiro atoms. The zero-order valence-corrected chi connectivity index (χ0v) is 14.5. The second-order valence-electron chi connectivity index (χ2n) is 5.41. The van der Waals surface area contributed by atoms with Crippen molar-refractivity contribution < 1.29 is 23.8 Å². The van der Waals surface area contributed by atoms with Crippen molar-refractivity contribution in [2.24, 2.45) is 5.41 Å². The Balaban J connectivity index is 1.89. The monoisotopic (exact) mass is 361 g/mol. The average Bonchev–Trinajstić information content (AvgIpc) is 3.04. The van der Waals surface area contributed by atoms with Gasteiger partial charge in [-0.3, -0.25) is 9.59 Å². The SMILES string of the molecule is COc1ccc(NC(=O)COC(=O)[C@@]2(C)CC2(Cl)Cl)cc1OC. The summed E-state index contributed by atoms with van der Waals surface area (Å²) in [4.78, 5) is 23.7. The minimum Gasteiger partial charge on any atom is -0.493 e. The van der Waals surface area contributed by atoms with E-state index in [0.29, 0.717) is 23.6 Å². The molecular weight excluding hydrogens is 345 g/mol. The Hall–Kier alpha value is -1.66. The van der Waals surface area contributed by atoms with E-state index in [9.17, 15) is 9.59 Å². The molecule has 0 bridgehead atoms. The lowest BCUT2D eigenvalue weighted by atomic mass is 10.1. The van der Waals surface area contributed by atoms with Gasteiger partial charge in [-0.25, -0.2) is 0 Å². The van der Waals surface area contributed by atoms with Crippen LogP contribution in [0.15, 0.2) is 18.2 Å². The van der Waals surface area contributed by atoms with Crippen molar-refractivity contribution in [2.45, 2.75) is 17.7 Å². The molecule has 0 aliphatic heterocycles. The van der Waals surface area contributed by atoms with Crippen LogP contribution in [0.25, 0.3) is 0 Å². The second-order valence-corrected chi connectivity index (χ2v) is 6.89. The molecule has 8 heteroatoms. The van der Waals surface area contributed by atoms with Gasteiger partial charge in [0.05, 0.1) is 14.2 Å². The number of methoxy groups -OCH3 is 2. The fraction of sp³-hybridized carbons (Fsp3) is 0.467. The number of amides is 1. The number of halogens is 2. The highest BCUT2D eigenvalue weighted by atomic mass is 35.5. The van der Waals surface area contributed by atoms with Gasteiger partial charge in [0.2, 0.25) is 0 Å². The molecule has 6 nitrogen and oxygen atoms in total. The number of ether oxygens (including phenoxy) is 3. The van der Waals surface area contributed by atoms with Crippen LogP contribution in [0.4, 0.5) is 5.69 Å². The topological polar surface area (TPSA) is 73.9 Å². The number of carbonyl (C=O) groups is 2. The van der Waals surface area contributed by atoms with Gasteiger partial charge in [-0.15, -0.1) is 23.2 Å². The third kappa shape index (κ3) is 3.64. The lowest BCUT2D eigenvalue weighted by Gasteiger charge is -2.13. The minimum absolute atomic E-state index is 0.305. The van der Waals surface area contributed by atoms with Gasteiger partial charge in [0.25, 0.3) is 5.91 Å². The number of anilines is 1. The first-order valence-electron chi connectivity index (χ1n) is 6.80. The van der Waals surface area contributed by atoms with Crippen LogP contribution < -0.4 is 14.8 Å². The molecule has 1 amide bonds. The number of carbonyl (C=O) groups excluding carboxylic acids is 2. The maximum Gasteiger partial charge on any atom is 0.315 e. The Labute approximate surface area is 144 Å². The van der Waals surface area contributed by atoms with Crippen molar-refractivity contribution in [1.29, 1.82) is 0 Å². The molecule has 1 fully saturated rings. The molecule has 1 aliphatic rings. The highest BCUT2D eigenvalue weighted by molar-refractivity contribution is 6.53. The Morgan fingerprint density at radius 1 is 1.22 bits per heavy atom. The first-order chi connectivity index (χ1) is 10.7. The first-order valence-corrected chi connectivity index (χ1v) is 7.56. The Morgan fingerprint density at radius 2 is 1.83 bits per heavy atom. The summed E-state index contributed by atoms with van der Waals surface area (Å²) in [5.74, 6) is -0.0597. The van der Waals surface area contributed by atoms with Crippen molar-refractivity contribution in [2.75, 3.05) is 26.1 Å². The van der Waals surface area contributed by atoms with Crippen LogP contribution in [0.3, 0.4) is 0 Å². The summed E-state index contributed by atoms with van der Waals surface area (Å²) in [6.07, 6.45) is 0.305. The van der Waals surface area contributed by atoms with E-state index in [2.05, 4.69) is 5.32 Å². The second kappa shape index (κ2) is 6.45. The molecule has 2 rings (SSSR count). The van der Waals surface area contributed by atoms with Crippen molar-refractivity contribution in [3.63, 3.8) is 0 Å². The van der Waals surface area contributed by atoms with Gasteiger partial charge >= 0.3 is 5.97 Å². The zero-order chi connectivity index (χ0) is 17.3. The van der Waals surface area contributed by atoms with Gasteiger partial charge in [0.15, 0.2) is 18.1 Å². The summed E-state index contributed by atoms with van der Waals surface area (Å²) < 4.78 is 14.1. The predicted octanol–water partition coefficient (Wildman–Crippen LogP) is 2.77. The summed E-state index contributed by atoms with van der Waals surface area (Å²) in [6.45, 7) is 1.17. The molecule has 0 saturated heterocycles. The molecule has 1 atom stereocenters. The van der Waals surface area contributed by atoms with Crippen molar-refractivity contribution in [3.05, 3.63) is 18.2 Å². The smallest absolute Gasteiger partial charge is 0.315 e. The van der Waals surface area contributed by atoms with Crippen LogP contribution in [-0.4, -0.2) is 37.0 Å². The number of hydrogen-bond acceptors (Lipinski definition) is 5. The fourth-order valence-corrected chi connectivity index (χ4v) is 2.71. The van der Waals surface area contributed by atoms with E-state index in [0.717, 1.165) is 0 Å². The van der Waals surface area contributed by atoms with E-state index in [4.69, 9.17) is 37.4 Å². The summed E-state index contributed by atoms with van der Waals surface area (Å²) in [7, 11) is 3.01. The van der Waals surface area contributed by atoms with Gasteiger partial charge in [-0.05, 0) is 19.1 Å². The molecule has 1 aromatic carbocycles. The molecule has 0 heterocycles. The number of alkyl halides is 2. The van der Waals surface area contributed by atoms with Gasteiger partial charge in [0.1, 0.15) is 9.75 Å². The van der Waals surface area contributed by atoms with E-state index in [1.807, 2.05) is 0 Å². The maximum absolute atomic E-state index is 11.9. The van der Waals surface area contributed by atoms with Crippen LogP contribution in [0.1, 0.15) is 13.3 Å². The summed E-state index contributed by atoms with van der Waals surface area (Å²) >= 11 is 11.8. The van der Waals surface area contributed by atoms with Crippen molar-refractivity contribution >= 4 is 40.8 Å². The predicted molar refractivity (Wildman–Crippen MR) is 86.3 cm³/mol. The van der Waals surface area contributed by atoms with E-state index in [1.54, 1.807) is 25.1 Å². The molecule has 1 aliphatic carbocycles. The average molecular weight is 362 g/mol. The van der Waals surface area contributed by atoms with Crippen LogP contribution in [0.2, 0.25) is 0 Å². The molecule has 1 saturated carbocycles. The van der Waals surface area contributed by atoms with E-state index in [-0.39, 0.29) is 0 Å². The van der Waals surface area contributed by atoms with Crippen LogP contribution in [-0.2, 0) is 14.3 Å². The van der Waals surface area contributed by atoms with Gasteiger partial charge < -0.3 is 19.5 Å². The molecule has 126 valence electrons. The Kier molecular flexibility index (Phi) is 4.96. The molecule has 23 heavy (non-hydrogen) atoms. The third-order valence-electron chi connectivity index (χ3n) is 3.71. The zero-order valence-electron chi connectivity index (χ0n) is 12.9. The largest absolute Gasteiger partial charge is 0.493 e.